The van der Waals surface area contributed by atoms with E-state index in [0.29, 0.717) is 9.91 Å². The van der Waals surface area contributed by atoms with E-state index in [1.165, 1.54) is 18.3 Å². The van der Waals surface area contributed by atoms with Crippen LogP contribution < -0.4 is 25.6 Å². The van der Waals surface area contributed by atoms with Gasteiger partial charge in [0, 0.05) is 24.0 Å². The highest BCUT2D eigenvalue weighted by molar-refractivity contribution is 7.88. The van der Waals surface area contributed by atoms with Gasteiger partial charge in [-0.25, -0.2) is 28.4 Å². The van der Waals surface area contributed by atoms with Crippen molar-refractivity contribution in [3.8, 4) is 5.75 Å². The summed E-state index contributed by atoms with van der Waals surface area (Å²) in [6, 6.07) is 6.66. The first kappa shape index (κ1) is 28.6. The Balaban J connectivity index is 1.28. The first-order chi connectivity index (χ1) is 19.4. The number of carboxylic acid groups (broad SMARTS) is 1. The van der Waals surface area contributed by atoms with Crippen molar-refractivity contribution in [2.24, 2.45) is 0 Å². The van der Waals surface area contributed by atoms with E-state index in [9.17, 15) is 37.2 Å². The first-order valence-corrected chi connectivity index (χ1v) is 13.2. The van der Waals surface area contributed by atoms with Gasteiger partial charge >= 0.3 is 28.4 Å². The number of aromatic amines is 1. The molecule has 0 spiro atoms. The molecule has 3 heterocycles. The number of H-pyrrole nitrogens is 1. The maximum atomic E-state index is 12.5. The van der Waals surface area contributed by atoms with Gasteiger partial charge in [0.15, 0.2) is 5.75 Å². The van der Waals surface area contributed by atoms with Crippen molar-refractivity contribution < 1.29 is 42.2 Å². The number of benzene rings is 1. The van der Waals surface area contributed by atoms with Crippen molar-refractivity contribution in [1.82, 2.24) is 34.7 Å². The van der Waals surface area contributed by atoms with Crippen molar-refractivity contribution in [2.75, 3.05) is 19.6 Å². The third kappa shape index (κ3) is 6.79. The molecule has 41 heavy (non-hydrogen) atoms. The molecule has 216 valence electrons. The van der Waals surface area contributed by atoms with Crippen LogP contribution in [0.3, 0.4) is 0 Å². The fourth-order valence-corrected chi connectivity index (χ4v) is 4.75. The van der Waals surface area contributed by atoms with Gasteiger partial charge in [-0.15, -0.1) is 0 Å². The lowest BCUT2D eigenvalue weighted by Crippen LogP contribution is -2.67. The molecular formula is C23H23N7O10S. The van der Waals surface area contributed by atoms with E-state index in [4.69, 9.17) is 9.84 Å². The van der Waals surface area contributed by atoms with Crippen LogP contribution in [0.25, 0.3) is 6.08 Å². The maximum absolute atomic E-state index is 12.5. The molecule has 2 aliphatic heterocycles. The van der Waals surface area contributed by atoms with Crippen LogP contribution in [0.15, 0.2) is 53.5 Å². The topological polar surface area (TPSA) is 228 Å². The number of carbonyl (C=O) groups excluding carboxylic acids is 4. The minimum Gasteiger partial charge on any atom is -0.483 e. The molecule has 1 aromatic carbocycles. The van der Waals surface area contributed by atoms with Gasteiger partial charge in [-0.1, -0.05) is 30.3 Å². The Bertz CT molecular complexity index is 1570. The van der Waals surface area contributed by atoms with Gasteiger partial charge in [0.1, 0.15) is 12.6 Å². The Morgan fingerprint density at radius 2 is 1.85 bits per heavy atom. The van der Waals surface area contributed by atoms with Crippen molar-refractivity contribution in [1.29, 1.82) is 0 Å². The summed E-state index contributed by atoms with van der Waals surface area (Å²) in [5.41, 5.74) is 2.87. The minimum atomic E-state index is -4.76. The van der Waals surface area contributed by atoms with E-state index in [0.717, 1.165) is 11.6 Å². The van der Waals surface area contributed by atoms with Crippen molar-refractivity contribution in [2.45, 2.75) is 12.6 Å². The molecule has 0 unspecified atom stereocenters. The summed E-state index contributed by atoms with van der Waals surface area (Å²) in [5, 5.41) is 11.2. The van der Waals surface area contributed by atoms with Crippen LogP contribution in [0.2, 0.25) is 0 Å². The highest BCUT2D eigenvalue weighted by Crippen LogP contribution is 2.14. The molecule has 2 aliphatic rings. The predicted molar refractivity (Wildman–Crippen MR) is 138 cm³/mol. The number of hydrogen-bond donors (Lipinski definition) is 5. The highest BCUT2D eigenvalue weighted by atomic mass is 32.2. The second-order valence-corrected chi connectivity index (χ2v) is 10.2. The predicted octanol–water partition coefficient (Wildman–Crippen LogP) is -0.831. The fraction of sp³-hybridized carbons (Fsp3) is 0.217. The number of β-lactam (4-membered cyclic amide) rings is 1. The van der Waals surface area contributed by atoms with Crippen molar-refractivity contribution in [3.63, 3.8) is 0 Å². The Morgan fingerprint density at radius 3 is 2.51 bits per heavy atom. The summed E-state index contributed by atoms with van der Waals surface area (Å²) in [6.07, 6.45) is 2.09. The van der Waals surface area contributed by atoms with E-state index in [1.807, 2.05) is 35.6 Å². The van der Waals surface area contributed by atoms with Gasteiger partial charge < -0.3 is 20.1 Å². The van der Waals surface area contributed by atoms with Gasteiger partial charge in [-0.2, -0.15) is 8.42 Å². The summed E-state index contributed by atoms with van der Waals surface area (Å²) in [6.45, 7) is -0.905. The van der Waals surface area contributed by atoms with Crippen molar-refractivity contribution in [3.05, 3.63) is 70.2 Å². The fourth-order valence-electron chi connectivity index (χ4n) is 3.68. The Kier molecular flexibility index (Phi) is 8.22. The van der Waals surface area contributed by atoms with Crippen molar-refractivity contribution >= 4 is 46.3 Å². The zero-order valence-corrected chi connectivity index (χ0v) is 21.8. The number of hydrazine groups is 1. The number of nitrogens with zero attached hydrogens (tertiary/aromatic N) is 3. The SMILES string of the molecule is O=C(O)N[C@H]1CN(C(=O)NS(=O)(=O)N2CCN(NC(=O)C=Cc3cc(=O)c(OCc4ccccc4)c[nH]3)C2=O)C1=O. The number of hydrogen-bond acceptors (Lipinski definition) is 9. The molecule has 1 atom stereocenters. The van der Waals surface area contributed by atoms with Crippen LogP contribution in [0.1, 0.15) is 11.3 Å². The van der Waals surface area contributed by atoms with Crippen LogP contribution in [-0.4, -0.2) is 88.4 Å². The summed E-state index contributed by atoms with van der Waals surface area (Å²) in [7, 11) is -4.76. The molecule has 1 aromatic heterocycles. The molecule has 17 nitrogen and oxygen atoms in total. The van der Waals surface area contributed by atoms with Gasteiger partial charge in [0.05, 0.1) is 19.6 Å². The molecule has 18 heteroatoms. The standard InChI is InChI=1S/C23H23N7O10S/c31-17-10-15(24-11-18(17)40-13-14-4-2-1-3-5-14)6-7-19(32)26-29-8-9-30(23(29)37)41(38,39)27-21(34)28-12-16(20(28)33)25-22(35)36/h1-7,10-11,16,25H,8-9,12-13H2,(H,24,31)(H,26,32)(H,27,34)(H,35,36)/t16-/m0/s1. The average Bonchev–Trinajstić information content (AvgIpc) is 3.29. The van der Waals surface area contributed by atoms with E-state index >= 15 is 0 Å². The molecule has 2 fully saturated rings. The molecule has 2 saturated heterocycles. The quantitative estimate of drug-likeness (QED) is 0.180. The number of rotatable bonds is 9. The average molecular weight is 590 g/mol. The third-order valence-corrected chi connectivity index (χ3v) is 7.10. The molecule has 0 bridgehead atoms. The van der Waals surface area contributed by atoms with Crippen LogP contribution in [-0.2, 0) is 26.4 Å². The van der Waals surface area contributed by atoms with E-state index in [2.05, 4.69) is 10.4 Å². The van der Waals surface area contributed by atoms with E-state index < -0.39 is 64.7 Å². The molecule has 4 rings (SSSR count). The number of likely N-dealkylation sites (tertiary alicyclic amines) is 1. The molecule has 5 N–H and O–H groups in total. The Morgan fingerprint density at radius 1 is 1.12 bits per heavy atom. The number of carbonyl (C=O) groups is 5. The highest BCUT2D eigenvalue weighted by Gasteiger charge is 2.45. The molecule has 0 radical (unpaired) electrons. The smallest absolute Gasteiger partial charge is 0.405 e. The lowest BCUT2D eigenvalue weighted by molar-refractivity contribution is -0.139. The maximum Gasteiger partial charge on any atom is 0.405 e. The summed E-state index contributed by atoms with van der Waals surface area (Å²) in [4.78, 5) is 75.0. The molecule has 0 saturated carbocycles. The molecular weight excluding hydrogens is 566 g/mol. The number of amides is 7. The van der Waals surface area contributed by atoms with Crippen LogP contribution in [0, 0.1) is 0 Å². The van der Waals surface area contributed by atoms with Crippen LogP contribution in [0.4, 0.5) is 14.4 Å². The Hall–Kier alpha value is -5.39. The zero-order chi connectivity index (χ0) is 29.7. The number of nitrogens with one attached hydrogen (secondary N) is 4. The van der Waals surface area contributed by atoms with E-state index in [1.54, 1.807) is 4.72 Å². The lowest BCUT2D eigenvalue weighted by Gasteiger charge is -2.36. The van der Waals surface area contributed by atoms with Gasteiger partial charge in [0.2, 0.25) is 5.43 Å². The molecule has 7 amide bonds. The van der Waals surface area contributed by atoms with E-state index in [-0.39, 0.29) is 28.9 Å². The molecule has 2 aromatic rings. The first-order valence-electron chi connectivity index (χ1n) is 11.8. The number of imide groups is 1. The largest absolute Gasteiger partial charge is 0.483 e. The second kappa shape index (κ2) is 11.8. The van der Waals surface area contributed by atoms with Crippen LogP contribution in [0.5, 0.6) is 5.75 Å². The second-order valence-electron chi connectivity index (χ2n) is 8.57. The van der Waals surface area contributed by atoms with Gasteiger partial charge in [-0.3, -0.25) is 24.7 Å². The van der Waals surface area contributed by atoms with Crippen LogP contribution >= 0.6 is 0 Å². The Labute approximate surface area is 231 Å². The number of aromatic nitrogens is 1. The minimum absolute atomic E-state index is 0.0710. The summed E-state index contributed by atoms with van der Waals surface area (Å²) in [5.74, 6) is -1.72. The third-order valence-electron chi connectivity index (χ3n) is 5.75. The monoisotopic (exact) mass is 589 g/mol. The number of pyridine rings is 1. The van der Waals surface area contributed by atoms with Gasteiger partial charge in [-0.05, 0) is 11.6 Å². The summed E-state index contributed by atoms with van der Waals surface area (Å²) < 4.78 is 32.4. The number of ether oxygens (including phenoxy) is 1. The molecule has 0 aliphatic carbocycles. The summed E-state index contributed by atoms with van der Waals surface area (Å²) >= 11 is 0. The van der Waals surface area contributed by atoms with Gasteiger partial charge in [0.25, 0.3) is 11.8 Å². The zero-order valence-electron chi connectivity index (χ0n) is 21.0. The normalized spacial score (nSPS) is 16.9. The lowest BCUT2D eigenvalue weighted by atomic mass is 10.1. The number of urea groups is 2.